The normalized spacial score (nSPS) is 10.8. The maximum absolute atomic E-state index is 5.99. The van der Waals surface area contributed by atoms with E-state index in [1.807, 2.05) is 13.0 Å². The number of aryl methyl sites for hydroxylation is 1. The van der Waals surface area contributed by atoms with Gasteiger partial charge in [-0.2, -0.15) is 4.98 Å². The number of anilines is 1. The van der Waals surface area contributed by atoms with Gasteiger partial charge >= 0.3 is 0 Å². The number of nitrogens with two attached hydrogens (primary N) is 1. The van der Waals surface area contributed by atoms with Crippen LogP contribution < -0.4 is 16.0 Å². The van der Waals surface area contributed by atoms with Crippen LogP contribution in [0.5, 0.6) is 11.6 Å². The fourth-order valence-corrected chi connectivity index (χ4v) is 1.95. The molecule has 2 aromatic heterocycles. The van der Waals surface area contributed by atoms with E-state index in [0.717, 1.165) is 5.56 Å². The lowest BCUT2D eigenvalue weighted by Gasteiger charge is -2.09. The van der Waals surface area contributed by atoms with Gasteiger partial charge in [-0.05, 0) is 30.7 Å². The number of nitrogens with zero attached hydrogens (tertiary/aromatic N) is 3. The number of halogens is 1. The van der Waals surface area contributed by atoms with Crippen LogP contribution in [0.1, 0.15) is 5.56 Å². The van der Waals surface area contributed by atoms with Crippen molar-refractivity contribution in [3.05, 3.63) is 47.4 Å². The number of benzene rings is 1. The Morgan fingerprint density at radius 1 is 1.40 bits per heavy atom. The van der Waals surface area contributed by atoms with Crippen molar-refractivity contribution in [1.29, 1.82) is 0 Å². The van der Waals surface area contributed by atoms with E-state index in [9.17, 15) is 0 Å². The van der Waals surface area contributed by atoms with Crippen LogP contribution in [0.4, 0.5) is 5.82 Å². The Morgan fingerprint density at radius 3 is 3.00 bits per heavy atom. The predicted octanol–water partition coefficient (Wildman–Crippen LogP) is 2.77. The Kier molecular flexibility index (Phi) is 3.17. The van der Waals surface area contributed by atoms with Crippen molar-refractivity contribution in [3.8, 4) is 11.6 Å². The third-order valence-electron chi connectivity index (χ3n) is 2.84. The Hall–Kier alpha value is -2.31. The van der Waals surface area contributed by atoms with Crippen LogP contribution in [0.3, 0.4) is 0 Å². The van der Waals surface area contributed by atoms with E-state index < -0.39 is 0 Å². The molecule has 7 heteroatoms. The van der Waals surface area contributed by atoms with E-state index >= 15 is 0 Å². The minimum absolute atomic E-state index is 0.368. The molecule has 0 bridgehead atoms. The molecule has 3 rings (SSSR count). The molecule has 0 atom stereocenters. The monoisotopic (exact) mass is 289 g/mol. The predicted molar refractivity (Wildman–Crippen MR) is 77.1 cm³/mol. The Bertz CT molecular complexity index is 771. The lowest BCUT2D eigenvalue weighted by atomic mass is 10.2. The van der Waals surface area contributed by atoms with Gasteiger partial charge in [0.15, 0.2) is 5.82 Å². The Morgan fingerprint density at radius 2 is 2.25 bits per heavy atom. The van der Waals surface area contributed by atoms with E-state index in [0.29, 0.717) is 28.1 Å². The molecule has 0 fully saturated rings. The molecule has 0 unspecified atom stereocenters. The summed E-state index contributed by atoms with van der Waals surface area (Å²) >= 11 is 5.99. The zero-order valence-corrected chi connectivity index (χ0v) is 11.4. The SMILES string of the molecule is Cc1cc(Oc2nc(NN)cn3ccnc23)ccc1Cl. The van der Waals surface area contributed by atoms with Crippen LogP contribution in [-0.2, 0) is 0 Å². The summed E-state index contributed by atoms with van der Waals surface area (Å²) in [6.45, 7) is 1.91. The number of fused-ring (bicyclic) bond motifs is 1. The second kappa shape index (κ2) is 4.99. The highest BCUT2D eigenvalue weighted by Crippen LogP contribution is 2.27. The van der Waals surface area contributed by atoms with Crippen molar-refractivity contribution in [2.45, 2.75) is 6.92 Å². The molecule has 3 N–H and O–H groups in total. The molecule has 0 aliphatic heterocycles. The minimum atomic E-state index is 0.368. The second-order valence-electron chi connectivity index (χ2n) is 4.25. The van der Waals surface area contributed by atoms with Gasteiger partial charge in [0.25, 0.3) is 5.88 Å². The summed E-state index contributed by atoms with van der Waals surface area (Å²) in [7, 11) is 0. The second-order valence-corrected chi connectivity index (χ2v) is 4.65. The number of rotatable bonds is 3. The maximum Gasteiger partial charge on any atom is 0.265 e. The first-order chi connectivity index (χ1) is 9.67. The molecule has 20 heavy (non-hydrogen) atoms. The molecular formula is C13H12ClN5O. The standard InChI is InChI=1S/C13H12ClN5O/c1-8-6-9(2-3-10(8)14)20-13-12-16-4-5-19(12)7-11(17-13)18-15/h2-7,18H,15H2,1H3. The van der Waals surface area contributed by atoms with E-state index in [1.54, 1.807) is 35.1 Å². The largest absolute Gasteiger partial charge is 0.436 e. The summed E-state index contributed by atoms with van der Waals surface area (Å²) in [4.78, 5) is 8.48. The number of imidazole rings is 1. The Labute approximate surface area is 120 Å². The van der Waals surface area contributed by atoms with Gasteiger partial charge in [-0.25, -0.2) is 10.8 Å². The van der Waals surface area contributed by atoms with Crippen LogP contribution >= 0.6 is 11.6 Å². The van der Waals surface area contributed by atoms with Crippen molar-refractivity contribution in [2.24, 2.45) is 5.84 Å². The summed E-state index contributed by atoms with van der Waals surface area (Å²) in [6.07, 6.45) is 5.18. The summed E-state index contributed by atoms with van der Waals surface area (Å²) in [5, 5.41) is 0.689. The highest BCUT2D eigenvalue weighted by atomic mass is 35.5. The first kappa shape index (κ1) is 12.7. The molecule has 1 aromatic carbocycles. The van der Waals surface area contributed by atoms with E-state index in [-0.39, 0.29) is 0 Å². The number of hydrogen-bond acceptors (Lipinski definition) is 5. The molecule has 6 nitrogen and oxygen atoms in total. The van der Waals surface area contributed by atoms with Gasteiger partial charge in [0.1, 0.15) is 5.75 Å². The van der Waals surface area contributed by atoms with E-state index in [4.69, 9.17) is 22.2 Å². The van der Waals surface area contributed by atoms with Crippen molar-refractivity contribution in [2.75, 3.05) is 5.43 Å². The van der Waals surface area contributed by atoms with Crippen LogP contribution in [0, 0.1) is 6.92 Å². The number of nitrogens with one attached hydrogen (secondary N) is 1. The van der Waals surface area contributed by atoms with E-state index in [2.05, 4.69) is 15.4 Å². The number of hydrogen-bond donors (Lipinski definition) is 2. The Balaban J connectivity index is 2.04. The summed E-state index contributed by atoms with van der Waals surface area (Å²) in [6, 6.07) is 5.39. The minimum Gasteiger partial charge on any atom is -0.436 e. The third kappa shape index (κ3) is 2.26. The maximum atomic E-state index is 5.99. The van der Waals surface area contributed by atoms with Crippen LogP contribution in [-0.4, -0.2) is 14.4 Å². The average molecular weight is 290 g/mol. The summed E-state index contributed by atoms with van der Waals surface area (Å²) < 4.78 is 7.56. The quantitative estimate of drug-likeness (QED) is 0.573. The van der Waals surface area contributed by atoms with Gasteiger partial charge < -0.3 is 10.2 Å². The molecule has 0 amide bonds. The molecule has 0 saturated carbocycles. The highest BCUT2D eigenvalue weighted by Gasteiger charge is 2.10. The summed E-state index contributed by atoms with van der Waals surface area (Å²) in [5.74, 6) is 6.88. The smallest absolute Gasteiger partial charge is 0.265 e. The van der Waals surface area contributed by atoms with Crippen molar-refractivity contribution in [1.82, 2.24) is 14.4 Å². The average Bonchev–Trinajstić information content (AvgIpc) is 2.91. The van der Waals surface area contributed by atoms with Crippen molar-refractivity contribution >= 4 is 23.1 Å². The molecule has 102 valence electrons. The fourth-order valence-electron chi connectivity index (χ4n) is 1.83. The van der Waals surface area contributed by atoms with Crippen molar-refractivity contribution in [3.63, 3.8) is 0 Å². The molecule has 3 aromatic rings. The molecule has 0 radical (unpaired) electrons. The number of nitrogen functional groups attached to an aromatic ring is 1. The first-order valence-electron chi connectivity index (χ1n) is 5.91. The van der Waals surface area contributed by atoms with Gasteiger partial charge in [-0.3, -0.25) is 4.40 Å². The molecule has 0 aliphatic carbocycles. The van der Waals surface area contributed by atoms with Gasteiger partial charge in [0, 0.05) is 17.4 Å². The van der Waals surface area contributed by atoms with Crippen LogP contribution in [0.15, 0.2) is 36.8 Å². The number of ether oxygens (including phenoxy) is 1. The first-order valence-corrected chi connectivity index (χ1v) is 6.29. The van der Waals surface area contributed by atoms with Gasteiger partial charge in [-0.1, -0.05) is 11.6 Å². The van der Waals surface area contributed by atoms with Crippen LogP contribution in [0.25, 0.3) is 5.65 Å². The molecule has 2 heterocycles. The summed E-state index contributed by atoms with van der Waals surface area (Å²) in [5.41, 5.74) is 4.03. The lowest BCUT2D eigenvalue weighted by Crippen LogP contribution is -2.10. The number of aromatic nitrogens is 3. The lowest BCUT2D eigenvalue weighted by molar-refractivity contribution is 0.465. The molecule has 0 spiro atoms. The van der Waals surface area contributed by atoms with Crippen molar-refractivity contribution < 1.29 is 4.74 Å². The molecular weight excluding hydrogens is 278 g/mol. The molecule has 0 saturated heterocycles. The topological polar surface area (TPSA) is 77.5 Å². The zero-order chi connectivity index (χ0) is 14.1. The number of hydrazine groups is 1. The zero-order valence-electron chi connectivity index (χ0n) is 10.7. The van der Waals surface area contributed by atoms with Gasteiger partial charge in [-0.15, -0.1) is 0 Å². The highest BCUT2D eigenvalue weighted by molar-refractivity contribution is 6.31. The van der Waals surface area contributed by atoms with Gasteiger partial charge in [0.05, 0.1) is 6.20 Å². The third-order valence-corrected chi connectivity index (χ3v) is 3.26. The fraction of sp³-hybridized carbons (Fsp3) is 0.0769. The van der Waals surface area contributed by atoms with E-state index in [1.165, 1.54) is 0 Å². The molecule has 0 aliphatic rings. The van der Waals surface area contributed by atoms with Crippen LogP contribution in [0.2, 0.25) is 5.02 Å². The van der Waals surface area contributed by atoms with Gasteiger partial charge in [0.2, 0.25) is 5.65 Å².